The fourth-order valence-electron chi connectivity index (χ4n) is 4.16. The van der Waals surface area contributed by atoms with Crippen molar-refractivity contribution in [2.45, 2.75) is 25.8 Å². The first-order chi connectivity index (χ1) is 14.6. The number of piperidine rings is 1. The first-order valence-corrected chi connectivity index (χ1v) is 10.7. The lowest BCUT2D eigenvalue weighted by Crippen LogP contribution is -2.43. The van der Waals surface area contributed by atoms with Gasteiger partial charge < -0.3 is 19.5 Å². The average Bonchev–Trinajstić information content (AvgIpc) is 3.26. The normalized spacial score (nSPS) is 18.2. The minimum atomic E-state index is -0.327. The molecule has 3 heterocycles. The molecule has 7 heteroatoms. The number of likely N-dealkylation sites (N-methyl/N-ethyl adjacent to an activating group) is 1. The Hall–Kier alpha value is -2.82. The molecule has 0 aliphatic carbocycles. The molecule has 0 atom stereocenters. The van der Waals surface area contributed by atoms with E-state index in [-0.39, 0.29) is 17.4 Å². The third-order valence-electron chi connectivity index (χ3n) is 5.95. The average molecular weight is 408 g/mol. The fourth-order valence-corrected chi connectivity index (χ4v) is 4.16. The standard InChI is InChI=1S/C23H29N5O2/c1-26-11-13-27(14-12-26)17-18-5-7-21(28-9-3-2-4-10-28)20(15-18)25-23(29)22-8-6-19(16-24)30-22/h5-8,15H,2-4,9-14,17H2,1H3,(H,25,29). The third kappa shape index (κ3) is 4.84. The molecule has 2 aromatic rings. The van der Waals surface area contributed by atoms with Crippen molar-refractivity contribution >= 4 is 17.3 Å². The van der Waals surface area contributed by atoms with Crippen LogP contribution < -0.4 is 10.2 Å². The Balaban J connectivity index is 1.55. The number of furan rings is 1. The maximum atomic E-state index is 12.8. The molecule has 0 unspecified atom stereocenters. The molecule has 0 saturated carbocycles. The smallest absolute Gasteiger partial charge is 0.291 e. The molecule has 1 N–H and O–H groups in total. The summed E-state index contributed by atoms with van der Waals surface area (Å²) in [6, 6.07) is 11.4. The number of nitrogens with zero attached hydrogens (tertiary/aromatic N) is 4. The van der Waals surface area contributed by atoms with Crippen LogP contribution in [-0.2, 0) is 6.54 Å². The van der Waals surface area contributed by atoms with Gasteiger partial charge in [0.1, 0.15) is 6.07 Å². The zero-order valence-electron chi connectivity index (χ0n) is 17.6. The molecule has 2 aliphatic rings. The molecule has 0 spiro atoms. The van der Waals surface area contributed by atoms with Crippen LogP contribution in [0, 0.1) is 11.3 Å². The monoisotopic (exact) mass is 407 g/mol. The van der Waals surface area contributed by atoms with Crippen LogP contribution in [0.15, 0.2) is 34.7 Å². The van der Waals surface area contributed by atoms with E-state index in [1.807, 2.05) is 6.07 Å². The first-order valence-electron chi connectivity index (χ1n) is 10.7. The molecule has 4 rings (SSSR count). The van der Waals surface area contributed by atoms with Crippen molar-refractivity contribution in [3.05, 3.63) is 47.4 Å². The second-order valence-electron chi connectivity index (χ2n) is 8.21. The van der Waals surface area contributed by atoms with E-state index in [2.05, 4.69) is 45.3 Å². The second kappa shape index (κ2) is 9.33. The first kappa shape index (κ1) is 20.5. The molecule has 0 bridgehead atoms. The summed E-state index contributed by atoms with van der Waals surface area (Å²) in [5.74, 6) is -0.0349. The lowest BCUT2D eigenvalue weighted by Gasteiger charge is -2.33. The summed E-state index contributed by atoms with van der Waals surface area (Å²) in [7, 11) is 2.16. The quantitative estimate of drug-likeness (QED) is 0.821. The van der Waals surface area contributed by atoms with Gasteiger partial charge in [-0.1, -0.05) is 6.07 Å². The highest BCUT2D eigenvalue weighted by Crippen LogP contribution is 2.31. The van der Waals surface area contributed by atoms with Crippen molar-refractivity contribution in [2.75, 3.05) is 56.5 Å². The molecule has 1 aromatic heterocycles. The van der Waals surface area contributed by atoms with Crippen molar-refractivity contribution in [3.8, 4) is 6.07 Å². The van der Waals surface area contributed by atoms with Crippen LogP contribution in [0.25, 0.3) is 0 Å². The molecule has 2 saturated heterocycles. The Morgan fingerprint density at radius 1 is 1.07 bits per heavy atom. The van der Waals surface area contributed by atoms with Crippen molar-refractivity contribution in [1.29, 1.82) is 5.26 Å². The topological polar surface area (TPSA) is 75.8 Å². The molecule has 158 valence electrons. The highest BCUT2D eigenvalue weighted by atomic mass is 16.3. The molecule has 1 amide bonds. The Bertz CT molecular complexity index is 918. The van der Waals surface area contributed by atoms with Gasteiger partial charge in [0.05, 0.1) is 11.4 Å². The van der Waals surface area contributed by atoms with E-state index in [0.29, 0.717) is 0 Å². The van der Waals surface area contributed by atoms with Gasteiger partial charge in [-0.3, -0.25) is 9.69 Å². The van der Waals surface area contributed by atoms with E-state index in [9.17, 15) is 4.79 Å². The number of nitriles is 1. The Kier molecular flexibility index (Phi) is 6.36. The van der Waals surface area contributed by atoms with Crippen molar-refractivity contribution in [2.24, 2.45) is 0 Å². The molecule has 30 heavy (non-hydrogen) atoms. The van der Waals surface area contributed by atoms with Crippen LogP contribution in [0.3, 0.4) is 0 Å². The van der Waals surface area contributed by atoms with Gasteiger partial charge >= 0.3 is 0 Å². The summed E-state index contributed by atoms with van der Waals surface area (Å²) in [5.41, 5.74) is 3.05. The van der Waals surface area contributed by atoms with Gasteiger partial charge in [0.15, 0.2) is 5.76 Å². The van der Waals surface area contributed by atoms with Gasteiger partial charge in [0.25, 0.3) is 5.91 Å². The molecule has 7 nitrogen and oxygen atoms in total. The number of hydrogen-bond donors (Lipinski definition) is 1. The lowest BCUT2D eigenvalue weighted by atomic mass is 10.1. The molecule has 0 radical (unpaired) electrons. The maximum Gasteiger partial charge on any atom is 0.291 e. The number of hydrogen-bond acceptors (Lipinski definition) is 6. The lowest BCUT2D eigenvalue weighted by molar-refractivity contribution is 0.0996. The van der Waals surface area contributed by atoms with E-state index < -0.39 is 0 Å². The van der Waals surface area contributed by atoms with Gasteiger partial charge in [-0.25, -0.2) is 0 Å². The summed E-state index contributed by atoms with van der Waals surface area (Å²) in [6.07, 6.45) is 3.59. The minimum Gasteiger partial charge on any atom is -0.440 e. The van der Waals surface area contributed by atoms with Gasteiger partial charge in [-0.15, -0.1) is 0 Å². The minimum absolute atomic E-state index is 0.139. The maximum absolute atomic E-state index is 12.8. The number of amides is 1. The van der Waals surface area contributed by atoms with E-state index in [1.165, 1.54) is 30.9 Å². The number of rotatable bonds is 5. The highest BCUT2D eigenvalue weighted by molar-refractivity contribution is 6.04. The van der Waals surface area contributed by atoms with E-state index in [4.69, 9.17) is 9.68 Å². The van der Waals surface area contributed by atoms with Crippen LogP contribution in [-0.4, -0.2) is 62.0 Å². The summed E-state index contributed by atoms with van der Waals surface area (Å²) in [4.78, 5) is 19.9. The number of benzene rings is 1. The predicted molar refractivity (Wildman–Crippen MR) is 117 cm³/mol. The van der Waals surface area contributed by atoms with Gasteiger partial charge in [-0.2, -0.15) is 5.26 Å². The second-order valence-corrected chi connectivity index (χ2v) is 8.21. The summed E-state index contributed by atoms with van der Waals surface area (Å²) in [6.45, 7) is 7.13. The van der Waals surface area contributed by atoms with Crippen LogP contribution in [0.4, 0.5) is 11.4 Å². The molecule has 2 aliphatic heterocycles. The zero-order chi connectivity index (χ0) is 20.9. The third-order valence-corrected chi connectivity index (χ3v) is 5.95. The van der Waals surface area contributed by atoms with Gasteiger partial charge in [0.2, 0.25) is 5.76 Å². The molecular formula is C23H29N5O2. The number of carbonyl (C=O) groups is 1. The molecular weight excluding hydrogens is 378 g/mol. The fraction of sp³-hybridized carbons (Fsp3) is 0.478. The van der Waals surface area contributed by atoms with Crippen molar-refractivity contribution in [3.63, 3.8) is 0 Å². The Morgan fingerprint density at radius 3 is 2.53 bits per heavy atom. The van der Waals surface area contributed by atoms with Gasteiger partial charge in [0, 0.05) is 45.8 Å². The summed E-state index contributed by atoms with van der Waals surface area (Å²) >= 11 is 0. The number of nitrogens with one attached hydrogen (secondary N) is 1. The number of piperazine rings is 1. The van der Waals surface area contributed by atoms with Gasteiger partial charge in [-0.05, 0) is 56.1 Å². The van der Waals surface area contributed by atoms with E-state index >= 15 is 0 Å². The van der Waals surface area contributed by atoms with Crippen LogP contribution in [0.5, 0.6) is 0 Å². The van der Waals surface area contributed by atoms with E-state index in [0.717, 1.165) is 57.2 Å². The van der Waals surface area contributed by atoms with Crippen LogP contribution >= 0.6 is 0 Å². The Morgan fingerprint density at radius 2 is 1.83 bits per heavy atom. The summed E-state index contributed by atoms with van der Waals surface area (Å²) in [5, 5.41) is 12.0. The van der Waals surface area contributed by atoms with Crippen molar-refractivity contribution in [1.82, 2.24) is 9.80 Å². The van der Waals surface area contributed by atoms with Crippen molar-refractivity contribution < 1.29 is 9.21 Å². The number of anilines is 2. The van der Waals surface area contributed by atoms with Crippen LogP contribution in [0.2, 0.25) is 0 Å². The number of carbonyl (C=O) groups excluding carboxylic acids is 1. The predicted octanol–water partition coefficient (Wildman–Crippen LogP) is 3.14. The molecule has 2 fully saturated rings. The summed E-state index contributed by atoms with van der Waals surface area (Å²) < 4.78 is 5.31. The molecule has 1 aromatic carbocycles. The van der Waals surface area contributed by atoms with E-state index in [1.54, 1.807) is 6.07 Å². The largest absolute Gasteiger partial charge is 0.440 e. The zero-order valence-corrected chi connectivity index (χ0v) is 17.6. The van der Waals surface area contributed by atoms with Crippen LogP contribution in [0.1, 0.15) is 41.1 Å². The Labute approximate surface area is 177 Å². The SMILES string of the molecule is CN1CCN(Cc2ccc(N3CCCCC3)c(NC(=O)c3ccc(C#N)o3)c2)CC1. The highest BCUT2D eigenvalue weighted by Gasteiger charge is 2.20.